The number of nitrogens with zero attached hydrogens (tertiary/aromatic N) is 2. The Morgan fingerprint density at radius 3 is 2.39 bits per heavy atom. The Labute approximate surface area is 168 Å². The van der Waals surface area contributed by atoms with Crippen LogP contribution in [0, 0.1) is 0 Å². The third-order valence-electron chi connectivity index (χ3n) is 5.17. The van der Waals surface area contributed by atoms with Gasteiger partial charge in [-0.2, -0.15) is 0 Å². The first kappa shape index (κ1) is 18.9. The van der Waals surface area contributed by atoms with Gasteiger partial charge < -0.3 is 4.90 Å². The average molecular weight is 415 g/mol. The van der Waals surface area contributed by atoms with Gasteiger partial charge >= 0.3 is 0 Å². The van der Waals surface area contributed by atoms with E-state index in [1.54, 1.807) is 29.3 Å². The van der Waals surface area contributed by atoms with Crippen molar-refractivity contribution in [1.82, 2.24) is 9.88 Å². The quantitative estimate of drug-likeness (QED) is 0.650. The molecule has 0 aliphatic carbocycles. The summed E-state index contributed by atoms with van der Waals surface area (Å²) in [7, 11) is -3.44. The number of aromatic nitrogens is 1. The summed E-state index contributed by atoms with van der Waals surface area (Å²) in [6, 6.07) is 15.5. The van der Waals surface area contributed by atoms with Gasteiger partial charge in [-0.05, 0) is 49.2 Å². The Balaban J connectivity index is 1.51. The number of hydrogen-bond donors (Lipinski definition) is 0. The second kappa shape index (κ2) is 7.53. The van der Waals surface area contributed by atoms with Crippen LogP contribution in [0.4, 0.5) is 0 Å². The first-order chi connectivity index (χ1) is 13.5. The average Bonchev–Trinajstić information content (AvgIpc) is 2.73. The third-order valence-corrected chi connectivity index (χ3v) is 7.70. The van der Waals surface area contributed by atoms with Gasteiger partial charge in [-0.3, -0.25) is 9.78 Å². The first-order valence-corrected chi connectivity index (χ1v) is 11.0. The second-order valence-corrected chi connectivity index (χ2v) is 9.54. The van der Waals surface area contributed by atoms with E-state index in [-0.39, 0.29) is 10.8 Å². The van der Waals surface area contributed by atoms with E-state index in [1.165, 1.54) is 12.1 Å². The highest BCUT2D eigenvalue weighted by Crippen LogP contribution is 2.27. The molecule has 0 bridgehead atoms. The molecule has 7 heteroatoms. The van der Waals surface area contributed by atoms with Crippen molar-refractivity contribution < 1.29 is 13.2 Å². The van der Waals surface area contributed by atoms with Gasteiger partial charge in [0.05, 0.1) is 21.2 Å². The number of halogens is 1. The van der Waals surface area contributed by atoms with Crippen LogP contribution >= 0.6 is 11.6 Å². The van der Waals surface area contributed by atoms with E-state index in [0.29, 0.717) is 42.0 Å². The summed E-state index contributed by atoms with van der Waals surface area (Å²) in [5, 5.41) is 0.917. The van der Waals surface area contributed by atoms with E-state index < -0.39 is 15.1 Å². The lowest BCUT2D eigenvalue weighted by Gasteiger charge is -2.32. The molecule has 0 unspecified atom stereocenters. The number of amides is 1. The Morgan fingerprint density at radius 2 is 1.68 bits per heavy atom. The van der Waals surface area contributed by atoms with Gasteiger partial charge in [0.2, 0.25) is 0 Å². The topological polar surface area (TPSA) is 67.3 Å². The summed E-state index contributed by atoms with van der Waals surface area (Å²) >= 11 is 5.86. The van der Waals surface area contributed by atoms with Gasteiger partial charge in [-0.15, -0.1) is 0 Å². The van der Waals surface area contributed by atoms with Crippen molar-refractivity contribution in [3.05, 3.63) is 71.4 Å². The van der Waals surface area contributed by atoms with Crippen LogP contribution in [0.1, 0.15) is 23.2 Å². The molecule has 0 saturated carbocycles. The summed E-state index contributed by atoms with van der Waals surface area (Å²) in [5.41, 5.74) is 1.23. The smallest absolute Gasteiger partial charge is 0.256 e. The molecule has 1 aliphatic heterocycles. The number of para-hydroxylation sites is 1. The summed E-state index contributed by atoms with van der Waals surface area (Å²) in [6.45, 7) is 0.805. The lowest BCUT2D eigenvalue weighted by molar-refractivity contribution is 0.0727. The van der Waals surface area contributed by atoms with Crippen molar-refractivity contribution in [2.24, 2.45) is 0 Å². The minimum Gasteiger partial charge on any atom is -0.338 e. The van der Waals surface area contributed by atoms with Crippen molar-refractivity contribution in [2.45, 2.75) is 23.0 Å². The van der Waals surface area contributed by atoms with E-state index in [0.717, 1.165) is 5.39 Å². The zero-order valence-corrected chi connectivity index (χ0v) is 16.7. The Morgan fingerprint density at radius 1 is 1.00 bits per heavy atom. The molecule has 3 aromatic rings. The van der Waals surface area contributed by atoms with Crippen LogP contribution in [0.25, 0.3) is 10.9 Å². The van der Waals surface area contributed by atoms with Crippen LogP contribution in [0.2, 0.25) is 5.02 Å². The van der Waals surface area contributed by atoms with Crippen LogP contribution in [-0.4, -0.2) is 42.5 Å². The number of pyridine rings is 1. The van der Waals surface area contributed by atoms with Crippen molar-refractivity contribution in [3.8, 4) is 0 Å². The highest BCUT2D eigenvalue weighted by Gasteiger charge is 2.33. The molecule has 28 heavy (non-hydrogen) atoms. The zero-order chi connectivity index (χ0) is 19.7. The Hall–Kier alpha value is -2.44. The normalized spacial score (nSPS) is 15.7. The molecule has 2 heterocycles. The SMILES string of the molecule is O=C(c1cccc2cccnc12)N1CCC(S(=O)(=O)c2ccc(Cl)cc2)CC1. The third kappa shape index (κ3) is 3.50. The van der Waals surface area contributed by atoms with Crippen LogP contribution < -0.4 is 0 Å². The van der Waals surface area contributed by atoms with Gasteiger partial charge in [0.15, 0.2) is 9.84 Å². The van der Waals surface area contributed by atoms with Crippen LogP contribution in [0.5, 0.6) is 0 Å². The first-order valence-electron chi connectivity index (χ1n) is 9.09. The largest absolute Gasteiger partial charge is 0.338 e. The molecule has 1 fully saturated rings. The van der Waals surface area contributed by atoms with Crippen LogP contribution in [0.15, 0.2) is 65.7 Å². The molecule has 0 spiro atoms. The minimum absolute atomic E-state index is 0.105. The Kier molecular flexibility index (Phi) is 5.08. The van der Waals surface area contributed by atoms with Gasteiger partial charge in [-0.1, -0.05) is 29.8 Å². The predicted octanol–water partition coefficient (Wildman–Crippen LogP) is 3.97. The van der Waals surface area contributed by atoms with E-state index >= 15 is 0 Å². The standard InChI is InChI=1S/C21H19ClN2O3S/c22-16-6-8-17(9-7-16)28(26,27)18-10-13-24(14-11-18)21(25)19-5-1-3-15-4-2-12-23-20(15)19/h1-9,12,18H,10-11,13-14H2. The maximum Gasteiger partial charge on any atom is 0.256 e. The molecule has 1 amide bonds. The molecule has 4 rings (SSSR count). The number of carbonyl (C=O) groups is 1. The van der Waals surface area contributed by atoms with Crippen molar-refractivity contribution in [1.29, 1.82) is 0 Å². The highest BCUT2D eigenvalue weighted by molar-refractivity contribution is 7.92. The molecule has 1 aliphatic rings. The number of likely N-dealkylation sites (tertiary alicyclic amines) is 1. The van der Waals surface area contributed by atoms with E-state index in [4.69, 9.17) is 11.6 Å². The molecular formula is C21H19ClN2O3S. The number of rotatable bonds is 3. The molecule has 1 aromatic heterocycles. The summed E-state index contributed by atoms with van der Waals surface area (Å²) in [4.78, 5) is 19.3. The zero-order valence-electron chi connectivity index (χ0n) is 15.1. The van der Waals surface area contributed by atoms with E-state index in [9.17, 15) is 13.2 Å². The van der Waals surface area contributed by atoms with Gasteiger partial charge in [0.25, 0.3) is 5.91 Å². The lowest BCUT2D eigenvalue weighted by Crippen LogP contribution is -2.42. The molecule has 1 saturated heterocycles. The van der Waals surface area contributed by atoms with Crippen molar-refractivity contribution in [2.75, 3.05) is 13.1 Å². The van der Waals surface area contributed by atoms with Gasteiger partial charge in [0.1, 0.15) is 0 Å². The summed E-state index contributed by atoms with van der Waals surface area (Å²) < 4.78 is 25.7. The van der Waals surface area contributed by atoms with Crippen molar-refractivity contribution in [3.63, 3.8) is 0 Å². The molecule has 0 atom stereocenters. The molecule has 0 radical (unpaired) electrons. The number of piperidine rings is 1. The fourth-order valence-electron chi connectivity index (χ4n) is 3.63. The minimum atomic E-state index is -3.44. The van der Waals surface area contributed by atoms with Gasteiger partial charge in [-0.25, -0.2) is 8.42 Å². The maximum absolute atomic E-state index is 13.0. The Bertz CT molecular complexity index is 1120. The summed E-state index contributed by atoms with van der Waals surface area (Å²) in [5.74, 6) is -0.105. The predicted molar refractivity (Wildman–Crippen MR) is 109 cm³/mol. The fraction of sp³-hybridized carbons (Fsp3) is 0.238. The highest BCUT2D eigenvalue weighted by atomic mass is 35.5. The molecule has 5 nitrogen and oxygen atoms in total. The van der Waals surface area contributed by atoms with Crippen LogP contribution in [-0.2, 0) is 9.84 Å². The number of benzene rings is 2. The number of hydrogen-bond acceptors (Lipinski definition) is 4. The van der Waals surface area contributed by atoms with Gasteiger partial charge in [0, 0.05) is 29.7 Å². The number of fused-ring (bicyclic) bond motifs is 1. The number of carbonyl (C=O) groups excluding carboxylic acids is 1. The molecule has 2 aromatic carbocycles. The van der Waals surface area contributed by atoms with Crippen molar-refractivity contribution >= 4 is 38.2 Å². The molecule has 144 valence electrons. The number of sulfone groups is 1. The molecule has 0 N–H and O–H groups in total. The van der Waals surface area contributed by atoms with E-state index in [1.807, 2.05) is 24.3 Å². The second-order valence-electron chi connectivity index (χ2n) is 6.87. The lowest BCUT2D eigenvalue weighted by atomic mass is 10.1. The maximum atomic E-state index is 13.0. The van der Waals surface area contributed by atoms with E-state index in [2.05, 4.69) is 4.98 Å². The monoisotopic (exact) mass is 414 g/mol. The summed E-state index contributed by atoms with van der Waals surface area (Å²) in [6.07, 6.45) is 2.49. The fourth-order valence-corrected chi connectivity index (χ4v) is 5.49. The molecular weight excluding hydrogens is 396 g/mol. The van der Waals surface area contributed by atoms with Crippen LogP contribution in [0.3, 0.4) is 0 Å².